The molecule has 2 aromatic rings. The van der Waals surface area contributed by atoms with Gasteiger partial charge in [-0.25, -0.2) is 0 Å². The minimum Gasteiger partial charge on any atom is -0.491 e. The fourth-order valence-corrected chi connectivity index (χ4v) is 2.23. The number of alkyl halides is 1. The second kappa shape index (κ2) is 6.31. The molecule has 0 radical (unpaired) electrons. The Hall–Kier alpha value is -1.18. The van der Waals surface area contributed by atoms with Gasteiger partial charge in [-0.05, 0) is 49.2 Å². The van der Waals surface area contributed by atoms with E-state index in [1.807, 2.05) is 62.4 Å². The first-order valence-corrected chi connectivity index (χ1v) is 7.04. The van der Waals surface area contributed by atoms with Crippen molar-refractivity contribution in [3.8, 4) is 5.75 Å². The molecule has 3 heteroatoms. The zero-order valence-electron chi connectivity index (χ0n) is 10.9. The number of rotatable bonds is 4. The van der Waals surface area contributed by atoms with Gasteiger partial charge in [-0.1, -0.05) is 35.9 Å². The maximum Gasteiger partial charge on any atom is 0.119 e. The highest BCUT2D eigenvalue weighted by atomic mass is 35.5. The van der Waals surface area contributed by atoms with Crippen molar-refractivity contribution >= 4 is 23.2 Å². The van der Waals surface area contributed by atoms with Gasteiger partial charge in [0.15, 0.2) is 0 Å². The van der Waals surface area contributed by atoms with Gasteiger partial charge in [0.25, 0.3) is 0 Å². The van der Waals surface area contributed by atoms with Crippen LogP contribution in [-0.4, -0.2) is 6.10 Å². The van der Waals surface area contributed by atoms with E-state index < -0.39 is 0 Å². The lowest BCUT2D eigenvalue weighted by molar-refractivity contribution is 0.242. The summed E-state index contributed by atoms with van der Waals surface area (Å²) in [5, 5.41) is 0.540. The first kappa shape index (κ1) is 14.2. The van der Waals surface area contributed by atoms with E-state index in [9.17, 15) is 0 Å². The second-order valence-electron chi connectivity index (χ2n) is 4.65. The van der Waals surface area contributed by atoms with Crippen molar-refractivity contribution in [2.75, 3.05) is 0 Å². The Morgan fingerprint density at radius 3 is 1.79 bits per heavy atom. The van der Waals surface area contributed by atoms with Crippen molar-refractivity contribution < 1.29 is 4.74 Å². The minimum absolute atomic E-state index is 0.175. The molecule has 0 amide bonds. The highest BCUT2D eigenvalue weighted by molar-refractivity contribution is 6.30. The molecule has 0 heterocycles. The monoisotopic (exact) mass is 294 g/mol. The standard InChI is InChI=1S/C16H16Cl2O/c1-11(2)19-15-9-5-13(6-10-15)16(18)12-3-7-14(17)8-4-12/h3-11,16H,1-2H3. The average molecular weight is 295 g/mol. The summed E-state index contributed by atoms with van der Waals surface area (Å²) in [4.78, 5) is 0. The van der Waals surface area contributed by atoms with Crippen LogP contribution >= 0.6 is 23.2 Å². The van der Waals surface area contributed by atoms with E-state index in [0.717, 1.165) is 16.9 Å². The quantitative estimate of drug-likeness (QED) is 0.681. The predicted octanol–water partition coefficient (Wildman–Crippen LogP) is 5.46. The van der Waals surface area contributed by atoms with Gasteiger partial charge < -0.3 is 4.74 Å². The molecule has 2 aromatic carbocycles. The normalized spacial score (nSPS) is 12.5. The van der Waals surface area contributed by atoms with Crippen LogP contribution in [0.1, 0.15) is 30.4 Å². The number of benzene rings is 2. The molecule has 100 valence electrons. The summed E-state index contributed by atoms with van der Waals surface area (Å²) in [6.45, 7) is 4.01. The molecule has 0 saturated carbocycles. The van der Waals surface area contributed by atoms with Crippen molar-refractivity contribution in [3.63, 3.8) is 0 Å². The fraction of sp³-hybridized carbons (Fsp3) is 0.250. The minimum atomic E-state index is -0.176. The van der Waals surface area contributed by atoms with Crippen LogP contribution in [0.2, 0.25) is 5.02 Å². The summed E-state index contributed by atoms with van der Waals surface area (Å²) < 4.78 is 5.61. The number of ether oxygens (including phenoxy) is 1. The Labute approximate surface area is 124 Å². The molecule has 1 atom stereocenters. The van der Waals surface area contributed by atoms with Crippen molar-refractivity contribution in [3.05, 3.63) is 64.7 Å². The van der Waals surface area contributed by atoms with Crippen LogP contribution in [-0.2, 0) is 0 Å². The predicted molar refractivity (Wildman–Crippen MR) is 81.4 cm³/mol. The summed E-state index contributed by atoms with van der Waals surface area (Å²) in [6.07, 6.45) is 0.175. The lowest BCUT2D eigenvalue weighted by atomic mass is 10.0. The first-order valence-electron chi connectivity index (χ1n) is 6.22. The van der Waals surface area contributed by atoms with Crippen LogP contribution in [0.25, 0.3) is 0 Å². The molecular formula is C16H16Cl2O. The number of hydrogen-bond donors (Lipinski definition) is 0. The van der Waals surface area contributed by atoms with E-state index >= 15 is 0 Å². The van der Waals surface area contributed by atoms with E-state index in [2.05, 4.69) is 0 Å². The molecule has 0 aromatic heterocycles. The molecule has 0 saturated heterocycles. The van der Waals surface area contributed by atoms with Crippen LogP contribution in [0.3, 0.4) is 0 Å². The Balaban J connectivity index is 2.15. The van der Waals surface area contributed by atoms with Crippen LogP contribution < -0.4 is 4.74 Å². The molecule has 0 aliphatic carbocycles. The lowest BCUT2D eigenvalue weighted by Crippen LogP contribution is -2.05. The topological polar surface area (TPSA) is 9.23 Å². The van der Waals surface area contributed by atoms with Gasteiger partial charge in [0.05, 0.1) is 11.5 Å². The highest BCUT2D eigenvalue weighted by Gasteiger charge is 2.10. The Kier molecular flexibility index (Phi) is 4.73. The lowest BCUT2D eigenvalue weighted by Gasteiger charge is -2.13. The van der Waals surface area contributed by atoms with Gasteiger partial charge in [-0.2, -0.15) is 0 Å². The Bertz CT molecular complexity index is 517. The maximum atomic E-state index is 6.46. The fourth-order valence-electron chi connectivity index (χ4n) is 1.81. The van der Waals surface area contributed by atoms with E-state index in [1.54, 1.807) is 0 Å². The van der Waals surface area contributed by atoms with Gasteiger partial charge in [0, 0.05) is 5.02 Å². The molecule has 0 N–H and O–H groups in total. The maximum absolute atomic E-state index is 6.46. The van der Waals surface area contributed by atoms with E-state index in [1.165, 1.54) is 0 Å². The van der Waals surface area contributed by atoms with Crippen LogP contribution in [0.4, 0.5) is 0 Å². The molecule has 19 heavy (non-hydrogen) atoms. The summed E-state index contributed by atoms with van der Waals surface area (Å²) in [5.74, 6) is 0.860. The van der Waals surface area contributed by atoms with Gasteiger partial charge >= 0.3 is 0 Å². The molecule has 0 bridgehead atoms. The van der Waals surface area contributed by atoms with Gasteiger partial charge in [0.2, 0.25) is 0 Å². The molecule has 0 aliphatic heterocycles. The average Bonchev–Trinajstić information content (AvgIpc) is 2.39. The third-order valence-electron chi connectivity index (χ3n) is 2.71. The second-order valence-corrected chi connectivity index (χ2v) is 5.52. The van der Waals surface area contributed by atoms with Gasteiger partial charge in [-0.3, -0.25) is 0 Å². The van der Waals surface area contributed by atoms with Crippen molar-refractivity contribution in [1.82, 2.24) is 0 Å². The number of hydrogen-bond acceptors (Lipinski definition) is 1. The van der Waals surface area contributed by atoms with Gasteiger partial charge in [-0.15, -0.1) is 11.6 Å². The van der Waals surface area contributed by atoms with Crippen LogP contribution in [0.5, 0.6) is 5.75 Å². The molecule has 1 nitrogen and oxygen atoms in total. The largest absolute Gasteiger partial charge is 0.491 e. The highest BCUT2D eigenvalue weighted by Crippen LogP contribution is 2.30. The smallest absolute Gasteiger partial charge is 0.119 e. The molecule has 0 aliphatic rings. The molecule has 1 unspecified atom stereocenters. The summed E-state index contributed by atoms with van der Waals surface area (Å²) in [7, 11) is 0. The molecule has 0 fully saturated rings. The SMILES string of the molecule is CC(C)Oc1ccc(C(Cl)c2ccc(Cl)cc2)cc1. The third kappa shape index (κ3) is 3.89. The van der Waals surface area contributed by atoms with E-state index in [-0.39, 0.29) is 11.5 Å². The van der Waals surface area contributed by atoms with Crippen LogP contribution in [0.15, 0.2) is 48.5 Å². The summed E-state index contributed by atoms with van der Waals surface area (Å²) >= 11 is 12.3. The summed E-state index contributed by atoms with van der Waals surface area (Å²) in [5.41, 5.74) is 2.07. The van der Waals surface area contributed by atoms with Crippen LogP contribution in [0, 0.1) is 0 Å². The molecule has 0 spiro atoms. The van der Waals surface area contributed by atoms with Crippen molar-refractivity contribution in [2.45, 2.75) is 25.3 Å². The summed E-state index contributed by atoms with van der Waals surface area (Å²) in [6, 6.07) is 15.5. The van der Waals surface area contributed by atoms with Gasteiger partial charge in [0.1, 0.15) is 5.75 Å². The Morgan fingerprint density at radius 1 is 0.842 bits per heavy atom. The van der Waals surface area contributed by atoms with Crippen molar-refractivity contribution in [1.29, 1.82) is 0 Å². The van der Waals surface area contributed by atoms with E-state index in [0.29, 0.717) is 5.02 Å². The number of halogens is 2. The first-order chi connectivity index (χ1) is 9.06. The zero-order chi connectivity index (χ0) is 13.8. The molecule has 2 rings (SSSR count). The van der Waals surface area contributed by atoms with Crippen molar-refractivity contribution in [2.24, 2.45) is 0 Å². The third-order valence-corrected chi connectivity index (χ3v) is 3.46. The van der Waals surface area contributed by atoms with E-state index in [4.69, 9.17) is 27.9 Å². The molecular weight excluding hydrogens is 279 g/mol. The zero-order valence-corrected chi connectivity index (χ0v) is 12.4. The Morgan fingerprint density at radius 2 is 1.32 bits per heavy atom.